The van der Waals surface area contributed by atoms with Crippen LogP contribution in [0.1, 0.15) is 78.9 Å². The molecule has 13 nitrogen and oxygen atoms in total. The van der Waals surface area contributed by atoms with Crippen molar-refractivity contribution in [3.05, 3.63) is 142 Å². The van der Waals surface area contributed by atoms with Gasteiger partial charge in [-0.2, -0.15) is 6.42 Å². The molecule has 3 atom stereocenters. The standard InChI is InChI=1S/C45H45N2O8S.2Na.O3S/c1-27-6-10-30(11-7-27)34-19-36-15-14-32-21-42(41(53-4)24-38(32)44(48)46(36)25-34)55-17-5-16-54-40-22-33-23-43(56(50,51)52)39-20-35(31-12-8-28(2)9-13-31)26-47(39)45(49)37(33)18-29(40)3;;;1-4(2)3/h6-13,15,18,21-22,24-26,36,39,43H,5,14,16-17,19-20,23H2,1-4H3,(H,50,51,52);;;/q-1;2*+1;/p-1/t36-,39+,43?;;;/m1.../s1. The molecule has 0 bridgehead atoms. The predicted octanol–water partition coefficient (Wildman–Crippen LogP) is 0.214. The molecule has 8 rings (SSSR count). The van der Waals surface area contributed by atoms with Crippen LogP contribution in [0, 0.1) is 27.2 Å². The van der Waals surface area contributed by atoms with Crippen LogP contribution in [0.4, 0.5) is 0 Å². The third-order valence-corrected chi connectivity index (χ3v) is 12.6. The number of benzene rings is 4. The summed E-state index contributed by atoms with van der Waals surface area (Å²) in [6, 6.07) is 22.4. The molecule has 0 N–H and O–H groups in total. The molecule has 4 aromatic carbocycles. The van der Waals surface area contributed by atoms with E-state index >= 15 is 0 Å². The molecule has 0 spiro atoms. The summed E-state index contributed by atoms with van der Waals surface area (Å²) < 4.78 is 81.3. The molecular formula is C45H44N2Na2O11S2. The van der Waals surface area contributed by atoms with Crippen LogP contribution in [0.5, 0.6) is 17.2 Å². The van der Waals surface area contributed by atoms with E-state index in [-0.39, 0.29) is 96.4 Å². The zero-order chi connectivity index (χ0) is 42.9. The Morgan fingerprint density at radius 2 is 1.23 bits per heavy atom. The van der Waals surface area contributed by atoms with Gasteiger partial charge in [0.2, 0.25) is 0 Å². The smallest absolute Gasteiger partial charge is 0.748 e. The second-order valence-electron chi connectivity index (χ2n) is 15.4. The Bertz CT molecular complexity index is 2630. The van der Waals surface area contributed by atoms with Crippen LogP contribution in [0.3, 0.4) is 0 Å². The number of nitrogens with zero attached hydrogens (tertiary/aromatic N) is 2. The van der Waals surface area contributed by atoms with E-state index in [1.165, 1.54) is 10.5 Å². The largest absolute Gasteiger partial charge is 1.00 e. The Balaban J connectivity index is 0.00000116. The van der Waals surface area contributed by atoms with Crippen LogP contribution in [-0.2, 0) is 33.6 Å². The second-order valence-corrected chi connectivity index (χ2v) is 17.4. The van der Waals surface area contributed by atoms with Gasteiger partial charge in [-0.05, 0) is 97.7 Å². The molecule has 0 radical (unpaired) electrons. The number of ether oxygens (including phenoxy) is 3. The van der Waals surface area contributed by atoms with Gasteiger partial charge in [-0.1, -0.05) is 71.3 Å². The first-order chi connectivity index (χ1) is 28.6. The quantitative estimate of drug-likeness (QED) is 0.0922. The van der Waals surface area contributed by atoms with Gasteiger partial charge >= 0.3 is 69.7 Å². The van der Waals surface area contributed by atoms with Crippen LogP contribution in [-0.4, -0.2) is 84.9 Å². The first kappa shape index (κ1) is 49.2. The summed E-state index contributed by atoms with van der Waals surface area (Å²) in [6.07, 6.45) is 7.89. The zero-order valence-corrected chi connectivity index (χ0v) is 41.2. The number of hydrogen-bond acceptors (Lipinski definition) is 11. The summed E-state index contributed by atoms with van der Waals surface area (Å²) in [4.78, 5) is 31.0. The van der Waals surface area contributed by atoms with Gasteiger partial charge < -0.3 is 35.0 Å². The van der Waals surface area contributed by atoms with E-state index < -0.39 is 32.0 Å². The molecule has 0 fully saturated rings. The zero-order valence-electron chi connectivity index (χ0n) is 35.5. The number of fused-ring (bicyclic) bond motifs is 4. The van der Waals surface area contributed by atoms with Gasteiger partial charge in [0.15, 0.2) is 11.5 Å². The van der Waals surface area contributed by atoms with E-state index in [9.17, 15) is 22.6 Å². The fourth-order valence-electron chi connectivity index (χ4n) is 8.23. The summed E-state index contributed by atoms with van der Waals surface area (Å²) in [7, 11) is -6.32. The van der Waals surface area contributed by atoms with Crippen molar-refractivity contribution in [1.29, 1.82) is 0 Å². The van der Waals surface area contributed by atoms with Gasteiger partial charge in [-0.15, -0.1) is 12.6 Å². The minimum absolute atomic E-state index is 0. The van der Waals surface area contributed by atoms with Gasteiger partial charge in [0, 0.05) is 29.9 Å². The van der Waals surface area contributed by atoms with Crippen LogP contribution >= 0.6 is 0 Å². The molecule has 4 aliphatic heterocycles. The van der Waals surface area contributed by atoms with Gasteiger partial charge in [0.25, 0.3) is 11.8 Å². The normalized spacial score (nSPS) is 18.7. The van der Waals surface area contributed by atoms with Crippen molar-refractivity contribution in [2.75, 3.05) is 20.3 Å². The monoisotopic (exact) mass is 898 g/mol. The number of rotatable bonds is 10. The Morgan fingerprint density at radius 1 is 0.710 bits per heavy atom. The second kappa shape index (κ2) is 20.8. The van der Waals surface area contributed by atoms with E-state index in [1.807, 2.05) is 55.3 Å². The molecule has 17 heteroatoms. The van der Waals surface area contributed by atoms with Gasteiger partial charge in [-0.3, -0.25) is 9.59 Å². The SMILES string of the molecule is COc1cc2c(cc1OCCCOc1cc3c(cc1C)C(=O)N1C=C(c4ccc(C)cc4)C[C@H]1C(S(=O)(=O)[O-])C3)C[CH-][C@@H]1CC(c3ccc(C)cc3)=CN1C2=O.O=S(=O)=O.[Na+].[Na+]. The van der Waals surface area contributed by atoms with Crippen LogP contribution in [0.25, 0.3) is 11.1 Å². The number of carbonyl (C=O) groups is 2. The first-order valence-electron chi connectivity index (χ1n) is 19.5. The maximum absolute atomic E-state index is 13.9. The third-order valence-electron chi connectivity index (χ3n) is 11.4. The van der Waals surface area contributed by atoms with Crippen molar-refractivity contribution in [1.82, 2.24) is 9.80 Å². The van der Waals surface area contributed by atoms with Crippen molar-refractivity contribution in [3.63, 3.8) is 0 Å². The van der Waals surface area contributed by atoms with Crippen molar-refractivity contribution in [2.24, 2.45) is 0 Å². The van der Waals surface area contributed by atoms with Crippen LogP contribution in [0.2, 0.25) is 0 Å². The minimum Gasteiger partial charge on any atom is -0.748 e. The maximum atomic E-state index is 13.9. The number of carbonyl (C=O) groups excluding carboxylic acids is 2. The molecule has 314 valence electrons. The Hall–Kier alpha value is -3.77. The molecule has 4 heterocycles. The van der Waals surface area contributed by atoms with Gasteiger partial charge in [0.1, 0.15) is 5.75 Å². The summed E-state index contributed by atoms with van der Waals surface area (Å²) in [5.41, 5.74) is 9.26. The van der Waals surface area contributed by atoms with Crippen molar-refractivity contribution < 1.29 is 109 Å². The van der Waals surface area contributed by atoms with Crippen LogP contribution in [0.15, 0.2) is 85.2 Å². The van der Waals surface area contributed by atoms with Crippen LogP contribution < -0.4 is 73.3 Å². The summed E-state index contributed by atoms with van der Waals surface area (Å²) >= 11 is 0. The van der Waals surface area contributed by atoms with Gasteiger partial charge in [-0.25, -0.2) is 8.42 Å². The number of aryl methyl sites for hydroxylation is 3. The molecule has 0 aromatic heterocycles. The van der Waals surface area contributed by atoms with E-state index in [0.29, 0.717) is 53.4 Å². The van der Waals surface area contributed by atoms with Gasteiger partial charge in [0.05, 0.1) is 41.7 Å². The first-order valence-corrected chi connectivity index (χ1v) is 21.9. The molecule has 0 saturated heterocycles. The fourth-order valence-corrected chi connectivity index (χ4v) is 9.23. The topological polar surface area (TPSA) is 177 Å². The average molecular weight is 899 g/mol. The summed E-state index contributed by atoms with van der Waals surface area (Å²) in [6.45, 7) is 6.46. The molecule has 62 heavy (non-hydrogen) atoms. The summed E-state index contributed by atoms with van der Waals surface area (Å²) in [5, 5.41) is -1.32. The maximum Gasteiger partial charge on any atom is 1.00 e. The molecule has 1 unspecified atom stereocenters. The summed E-state index contributed by atoms with van der Waals surface area (Å²) in [5.74, 6) is 1.11. The van der Waals surface area contributed by atoms with Crippen molar-refractivity contribution in [2.45, 2.75) is 70.2 Å². The van der Waals surface area contributed by atoms with E-state index in [0.717, 1.165) is 45.4 Å². The molecule has 0 saturated carbocycles. The minimum atomic E-state index is -4.76. The Kier molecular flexibility index (Phi) is 16.5. The third kappa shape index (κ3) is 10.9. The molecule has 0 aliphatic carbocycles. The number of amides is 2. The Labute approximate surface area is 407 Å². The number of methoxy groups -OCH3 is 1. The molecule has 4 aromatic rings. The molecular weight excluding hydrogens is 855 g/mol. The predicted molar refractivity (Wildman–Crippen MR) is 222 cm³/mol. The number of hydrogen-bond donors (Lipinski definition) is 0. The van der Waals surface area contributed by atoms with E-state index in [4.69, 9.17) is 26.8 Å². The Morgan fingerprint density at radius 3 is 1.81 bits per heavy atom. The fraction of sp³-hybridized carbons (Fsp3) is 0.311. The van der Waals surface area contributed by atoms with E-state index in [1.54, 1.807) is 31.5 Å². The molecule has 4 aliphatic rings. The van der Waals surface area contributed by atoms with Crippen molar-refractivity contribution in [3.8, 4) is 17.2 Å². The average Bonchev–Trinajstić information content (AvgIpc) is 3.79. The molecule has 2 amide bonds. The van der Waals surface area contributed by atoms with Crippen molar-refractivity contribution >= 4 is 43.7 Å². The van der Waals surface area contributed by atoms with E-state index in [2.05, 4.69) is 37.6 Å².